The molecule has 0 fully saturated rings. The van der Waals surface area contributed by atoms with Crippen LogP contribution in [-0.4, -0.2) is 68.4 Å². The average molecular weight is 701 g/mol. The molecule has 0 amide bonds. The fraction of sp³-hybridized carbons (Fsp3) is 0.286. The van der Waals surface area contributed by atoms with Gasteiger partial charge in [-0.2, -0.15) is 0 Å². The van der Waals surface area contributed by atoms with E-state index < -0.39 is 23.7 Å². The first-order chi connectivity index (χ1) is 25.3. The van der Waals surface area contributed by atoms with Gasteiger partial charge in [0.05, 0.1) is 56.9 Å². The van der Waals surface area contributed by atoms with Crippen LogP contribution in [0.2, 0.25) is 0 Å². The summed E-state index contributed by atoms with van der Waals surface area (Å²) in [4.78, 5) is 31.2. The number of benzene rings is 4. The van der Waals surface area contributed by atoms with Gasteiger partial charge in [0, 0.05) is 46.0 Å². The van der Waals surface area contributed by atoms with Gasteiger partial charge in [-0.3, -0.25) is 9.59 Å². The first-order valence-electron chi connectivity index (χ1n) is 16.9. The molecule has 0 saturated heterocycles. The number of rotatable bonds is 8. The van der Waals surface area contributed by atoms with Crippen LogP contribution < -0.4 is 37.9 Å². The van der Waals surface area contributed by atoms with E-state index in [2.05, 4.69) is 0 Å². The molecular formula is C42H36O10. The Hall–Kier alpha value is -5.90. The molecule has 11 rings (SSSR count). The zero-order chi connectivity index (χ0) is 36.3. The van der Waals surface area contributed by atoms with Crippen molar-refractivity contribution in [3.05, 3.63) is 115 Å². The minimum atomic E-state index is -0.578. The Morgan fingerprint density at radius 2 is 0.423 bits per heavy atom. The maximum atomic E-state index is 15.6. The molecule has 0 N–H and O–H groups in total. The number of methoxy groups -OCH3 is 8. The van der Waals surface area contributed by atoms with Crippen LogP contribution in [0, 0.1) is 0 Å². The number of carbonyl (C=O) groups excluding carboxylic acids is 2. The topological polar surface area (TPSA) is 108 Å². The molecule has 0 radical (unpaired) electrons. The van der Waals surface area contributed by atoms with E-state index in [0.717, 1.165) is 44.5 Å². The van der Waals surface area contributed by atoms with Crippen LogP contribution >= 0.6 is 0 Å². The molecule has 52 heavy (non-hydrogen) atoms. The third-order valence-electron chi connectivity index (χ3n) is 11.6. The van der Waals surface area contributed by atoms with Gasteiger partial charge < -0.3 is 37.9 Å². The highest BCUT2D eigenvalue weighted by molar-refractivity contribution is 6.30. The fourth-order valence-corrected chi connectivity index (χ4v) is 9.48. The average Bonchev–Trinajstić information content (AvgIpc) is 3.19. The van der Waals surface area contributed by atoms with Crippen LogP contribution in [0.5, 0.6) is 46.0 Å². The maximum absolute atomic E-state index is 15.6. The van der Waals surface area contributed by atoms with Gasteiger partial charge in [0.15, 0.2) is 57.6 Å². The van der Waals surface area contributed by atoms with Crippen molar-refractivity contribution >= 4 is 11.6 Å². The largest absolute Gasteiger partial charge is 0.493 e. The zero-order valence-corrected chi connectivity index (χ0v) is 30.0. The molecule has 7 aliphatic carbocycles. The summed E-state index contributed by atoms with van der Waals surface area (Å²) in [5, 5.41) is 0. The summed E-state index contributed by atoms with van der Waals surface area (Å²) < 4.78 is 46.1. The summed E-state index contributed by atoms with van der Waals surface area (Å²) in [6.07, 6.45) is 0. The lowest BCUT2D eigenvalue weighted by atomic mass is 9.51. The van der Waals surface area contributed by atoms with Crippen LogP contribution in [0.15, 0.2) is 70.8 Å². The van der Waals surface area contributed by atoms with Gasteiger partial charge in [-0.05, 0) is 93.0 Å². The predicted octanol–water partition coefficient (Wildman–Crippen LogP) is 6.38. The Kier molecular flexibility index (Phi) is 6.96. The van der Waals surface area contributed by atoms with Crippen molar-refractivity contribution < 1.29 is 47.5 Å². The van der Waals surface area contributed by atoms with E-state index in [4.69, 9.17) is 37.9 Å². The van der Waals surface area contributed by atoms with Crippen LogP contribution in [0.25, 0.3) is 0 Å². The molecule has 264 valence electrons. The number of hydrogen-bond donors (Lipinski definition) is 0. The van der Waals surface area contributed by atoms with Gasteiger partial charge in [0.25, 0.3) is 0 Å². The molecule has 0 unspecified atom stereocenters. The molecule has 4 bridgehead atoms. The highest BCUT2D eigenvalue weighted by Crippen LogP contribution is 2.66. The molecule has 0 saturated carbocycles. The van der Waals surface area contributed by atoms with E-state index in [9.17, 15) is 0 Å². The van der Waals surface area contributed by atoms with E-state index >= 15 is 9.59 Å². The SMILES string of the molecule is COc1cc2c(cc1OC)C1C3=C(C(=O)C4=C(C3=O)C3c5cc(OC)c(OC)cc5C4c4cc(OC)c(OC)cc43)C2c2cc(OC)c(OC)cc21. The van der Waals surface area contributed by atoms with Crippen LogP contribution in [-0.2, 0) is 9.59 Å². The van der Waals surface area contributed by atoms with Crippen LogP contribution in [0.4, 0.5) is 0 Å². The van der Waals surface area contributed by atoms with Crippen LogP contribution in [0.1, 0.15) is 68.2 Å². The molecule has 0 atom stereocenters. The summed E-state index contributed by atoms with van der Waals surface area (Å²) in [5.41, 5.74) is 8.95. The third-order valence-corrected chi connectivity index (χ3v) is 11.6. The molecule has 0 spiro atoms. The van der Waals surface area contributed by atoms with Gasteiger partial charge in [-0.25, -0.2) is 0 Å². The van der Waals surface area contributed by atoms with E-state index in [-0.39, 0.29) is 11.6 Å². The van der Waals surface area contributed by atoms with Crippen molar-refractivity contribution in [3.63, 3.8) is 0 Å². The predicted molar refractivity (Wildman–Crippen MR) is 190 cm³/mol. The molecular weight excluding hydrogens is 664 g/mol. The molecule has 0 aromatic heterocycles. The smallest absolute Gasteiger partial charge is 0.187 e. The lowest BCUT2D eigenvalue weighted by molar-refractivity contribution is -0.117. The Bertz CT molecular complexity index is 1920. The molecule has 4 aromatic rings. The van der Waals surface area contributed by atoms with Crippen molar-refractivity contribution in [2.45, 2.75) is 23.7 Å². The van der Waals surface area contributed by atoms with Gasteiger partial charge in [-0.15, -0.1) is 0 Å². The van der Waals surface area contributed by atoms with Crippen molar-refractivity contribution in [2.24, 2.45) is 0 Å². The highest BCUT2D eigenvalue weighted by Gasteiger charge is 2.57. The summed E-state index contributed by atoms with van der Waals surface area (Å²) in [6.45, 7) is 0. The monoisotopic (exact) mass is 700 g/mol. The van der Waals surface area contributed by atoms with E-state index in [1.807, 2.05) is 48.5 Å². The highest BCUT2D eigenvalue weighted by atomic mass is 16.5. The van der Waals surface area contributed by atoms with E-state index in [1.54, 1.807) is 56.9 Å². The Balaban J connectivity index is 1.33. The van der Waals surface area contributed by atoms with E-state index in [0.29, 0.717) is 68.3 Å². The van der Waals surface area contributed by atoms with Gasteiger partial charge in [0.1, 0.15) is 0 Å². The molecule has 0 heterocycles. The molecule has 0 aliphatic heterocycles. The van der Waals surface area contributed by atoms with E-state index in [1.165, 1.54) is 0 Å². The molecule has 4 aromatic carbocycles. The fourth-order valence-electron chi connectivity index (χ4n) is 9.48. The molecule has 10 nitrogen and oxygen atoms in total. The number of Topliss-reactive ketones (excluding diaryl/α,β-unsaturated/α-hetero) is 2. The van der Waals surface area contributed by atoms with Crippen molar-refractivity contribution in [1.82, 2.24) is 0 Å². The summed E-state index contributed by atoms with van der Waals surface area (Å²) >= 11 is 0. The second kappa shape index (κ2) is 11.3. The van der Waals surface area contributed by atoms with Crippen molar-refractivity contribution in [3.8, 4) is 46.0 Å². The lowest BCUT2D eigenvalue weighted by Crippen LogP contribution is -2.43. The molecule has 10 heteroatoms. The number of ketones is 2. The van der Waals surface area contributed by atoms with Gasteiger partial charge >= 0.3 is 0 Å². The summed E-state index contributed by atoms with van der Waals surface area (Å²) in [6, 6.07) is 15.5. The number of allylic oxidation sites excluding steroid dienone is 4. The lowest BCUT2D eigenvalue weighted by Gasteiger charge is -2.49. The number of ether oxygens (including phenoxy) is 8. The van der Waals surface area contributed by atoms with Crippen LogP contribution in [0.3, 0.4) is 0 Å². The number of carbonyl (C=O) groups is 2. The summed E-state index contributed by atoms with van der Waals surface area (Å²) in [7, 11) is 12.7. The molecule has 7 aliphatic rings. The second-order valence-electron chi connectivity index (χ2n) is 13.4. The van der Waals surface area contributed by atoms with Crippen molar-refractivity contribution in [2.75, 3.05) is 56.9 Å². The Morgan fingerprint density at radius 3 is 0.538 bits per heavy atom. The zero-order valence-electron chi connectivity index (χ0n) is 30.0. The standard InChI is InChI=1S/C42H36O10/c1-45-25-9-17-18(10-26(25)46-2)34-20-12-28(48-4)27(47-3)11-19(20)33(17)37-38(34)42(44)40-36-23-15-31(51-7)29(49-5)13-21(23)35(39(40)41(37)43)22-14-30(50-6)32(52-8)16-24(22)36/h9-16,33-36H,1-8H3. The van der Waals surface area contributed by atoms with Crippen molar-refractivity contribution in [1.29, 1.82) is 0 Å². The Morgan fingerprint density at radius 1 is 0.288 bits per heavy atom. The first kappa shape index (κ1) is 32.0. The van der Waals surface area contributed by atoms with Gasteiger partial charge in [-0.1, -0.05) is 0 Å². The Labute approximate surface area is 300 Å². The minimum Gasteiger partial charge on any atom is -0.493 e. The van der Waals surface area contributed by atoms with Gasteiger partial charge in [0.2, 0.25) is 0 Å². The maximum Gasteiger partial charge on any atom is 0.187 e. The summed E-state index contributed by atoms with van der Waals surface area (Å²) in [5.74, 6) is 1.66. The second-order valence-corrected chi connectivity index (χ2v) is 13.4. The number of hydrogen-bond acceptors (Lipinski definition) is 10. The normalized spacial score (nSPS) is 21.0. The first-order valence-corrected chi connectivity index (χ1v) is 16.9. The third kappa shape index (κ3) is 3.84. The minimum absolute atomic E-state index is 0.156. The quantitative estimate of drug-likeness (QED) is 0.192.